The van der Waals surface area contributed by atoms with Crippen molar-refractivity contribution in [3.05, 3.63) is 162 Å². The number of aromatic nitrogens is 3. The smallest absolute Gasteiger partial charge is 0.382 e. The number of carboxylic acid groups (broad SMARTS) is 1. The molecule has 3 aliphatic rings. The molecule has 0 saturated carbocycles. The van der Waals surface area contributed by atoms with E-state index in [2.05, 4.69) is 43.3 Å². The van der Waals surface area contributed by atoms with Gasteiger partial charge < -0.3 is 37.0 Å². The predicted molar refractivity (Wildman–Crippen MR) is 251 cm³/mol. The summed E-state index contributed by atoms with van der Waals surface area (Å²) < 4.78 is 0. The van der Waals surface area contributed by atoms with Crippen molar-refractivity contribution in [3.8, 4) is 23.7 Å². The van der Waals surface area contributed by atoms with Crippen LogP contribution in [-0.2, 0) is 9.59 Å². The van der Waals surface area contributed by atoms with Crippen molar-refractivity contribution in [2.24, 2.45) is 11.5 Å². The van der Waals surface area contributed by atoms with Crippen LogP contribution in [0.3, 0.4) is 0 Å². The Morgan fingerprint density at radius 2 is 1.16 bits per heavy atom. The molecule has 0 aliphatic carbocycles. The van der Waals surface area contributed by atoms with Gasteiger partial charge in [0.25, 0.3) is 5.91 Å². The number of pyridine rings is 3. The van der Waals surface area contributed by atoms with E-state index < -0.39 is 20.7 Å². The van der Waals surface area contributed by atoms with E-state index in [1.165, 1.54) is 42.7 Å². The topological polar surface area (TPSA) is 305 Å². The Hall–Kier alpha value is -8.08. The van der Waals surface area contributed by atoms with Gasteiger partial charge in [-0.15, -0.1) is 0 Å². The van der Waals surface area contributed by atoms with Crippen LogP contribution in [0.25, 0.3) is 0 Å². The number of hydrogen-bond acceptors (Lipinski definition) is 16. The molecule has 5 aromatic rings. The summed E-state index contributed by atoms with van der Waals surface area (Å²) in [6.45, 7) is 4.56. The number of halogens is 1. The second-order valence-electron chi connectivity index (χ2n) is 14.5. The van der Waals surface area contributed by atoms with Crippen LogP contribution < -0.4 is 31.9 Å². The molecule has 2 aromatic carbocycles. The second kappa shape index (κ2) is 27.3. The fourth-order valence-electron chi connectivity index (χ4n) is 6.31. The van der Waals surface area contributed by atoms with Gasteiger partial charge in [-0.05, 0) is 68.3 Å². The first-order valence-corrected chi connectivity index (χ1v) is 20.9. The van der Waals surface area contributed by atoms with Crippen LogP contribution in [0.4, 0.5) is 28.7 Å². The molecular weight excluding hydrogens is 888 g/mol. The summed E-state index contributed by atoms with van der Waals surface area (Å²) in [5.41, 5.74) is 12.6. The van der Waals surface area contributed by atoms with Gasteiger partial charge in [-0.3, -0.25) is 35.1 Å². The van der Waals surface area contributed by atoms with E-state index >= 15 is 0 Å². The molecule has 8 rings (SSSR count). The lowest BCUT2D eigenvalue weighted by Crippen LogP contribution is -2.36. The third-order valence-electron chi connectivity index (χ3n) is 9.49. The largest absolute Gasteiger partial charge is 0.472 e. The summed E-state index contributed by atoms with van der Waals surface area (Å²) in [5, 5.41) is 46.1. The molecule has 3 unspecified atom stereocenters. The number of carbonyl (C=O) groups excluding carboxylic acids is 1. The lowest BCUT2D eigenvalue weighted by molar-refractivity contribution is -0.385. The quantitative estimate of drug-likeness (QED) is 0.0684. The van der Waals surface area contributed by atoms with Gasteiger partial charge in [-0.1, -0.05) is 59.8 Å². The standard InChI is InChI=1S/C18H16N4O3.C9H12N4O2.C9H6O2.C5H3ClN2O2.C4H10N2/c23-17(9-8-14-5-2-1-3-6-14)20-15-10-12-21(13-15)18-16(22(24)25)7-4-11-19-18;10-7-3-5-12(6-7)9-8(13(14)15)2-1-4-11-9;10-9(11)7-6-8-4-2-1-3-5-8;6-5-4(8(9)10)2-1-3-7-5;5-4-1-2-6-3-4/h1-7,11,15H,10,12-13H2,(H,20,23);1-2,4,7H,3,5-6,10H2;1-5H,(H,10,11);1-3H;4,6H,1-3,5H2. The Morgan fingerprint density at radius 1 is 0.672 bits per heavy atom. The van der Waals surface area contributed by atoms with Crippen LogP contribution in [0.2, 0.25) is 5.15 Å². The SMILES string of the molecule is NC1CCN(c2ncccc2[N+](=O)[O-])C1.NC1CCNC1.O=C(C#Cc1ccccc1)NC1CCN(c2ncccc2[N+](=O)[O-])C1.O=C(O)C#Cc1ccccc1.O=[N+]([O-])c1cccnc1Cl. The van der Waals surface area contributed by atoms with Gasteiger partial charge in [0.05, 0.1) is 14.8 Å². The maximum absolute atomic E-state index is 12.0. The third-order valence-corrected chi connectivity index (χ3v) is 9.78. The number of nitrogens with two attached hydrogens (primary N) is 2. The van der Waals surface area contributed by atoms with E-state index in [1.807, 2.05) is 64.3 Å². The molecule has 22 heteroatoms. The molecule has 3 aliphatic heterocycles. The van der Waals surface area contributed by atoms with Crippen LogP contribution in [-0.4, -0.2) is 104 Å². The number of rotatable bonds is 6. The Labute approximate surface area is 390 Å². The molecule has 7 N–H and O–H groups in total. The van der Waals surface area contributed by atoms with E-state index in [9.17, 15) is 39.9 Å². The summed E-state index contributed by atoms with van der Waals surface area (Å²) in [6, 6.07) is 27.4. The molecule has 1 amide bonds. The van der Waals surface area contributed by atoms with Gasteiger partial charge in [-0.2, -0.15) is 0 Å². The molecular formula is C45H47ClN12O9. The predicted octanol–water partition coefficient (Wildman–Crippen LogP) is 4.34. The number of carbonyl (C=O) groups is 2. The number of carboxylic acids is 1. The van der Waals surface area contributed by atoms with Crippen molar-refractivity contribution >= 4 is 52.2 Å². The molecule has 3 saturated heterocycles. The number of nitrogens with zero attached hydrogens (tertiary/aromatic N) is 8. The van der Waals surface area contributed by atoms with Crippen molar-refractivity contribution in [2.45, 2.75) is 37.4 Å². The van der Waals surface area contributed by atoms with Gasteiger partial charge >= 0.3 is 23.0 Å². The average Bonchev–Trinajstić information content (AvgIpc) is 4.12. The zero-order chi connectivity index (χ0) is 48.6. The minimum Gasteiger partial charge on any atom is -0.472 e. The number of aliphatic carboxylic acids is 1. The molecule has 3 aromatic heterocycles. The van der Waals surface area contributed by atoms with Gasteiger partial charge in [-0.25, -0.2) is 19.7 Å². The van der Waals surface area contributed by atoms with Crippen LogP contribution in [0, 0.1) is 54.0 Å². The molecule has 0 bridgehead atoms. The molecule has 21 nitrogen and oxygen atoms in total. The van der Waals surface area contributed by atoms with Gasteiger partial charge in [0.2, 0.25) is 16.8 Å². The summed E-state index contributed by atoms with van der Waals surface area (Å²) >= 11 is 5.37. The Morgan fingerprint density at radius 3 is 1.58 bits per heavy atom. The lowest BCUT2D eigenvalue weighted by Gasteiger charge is -2.17. The normalized spacial score (nSPS) is 16.4. The zero-order valence-corrected chi connectivity index (χ0v) is 36.6. The highest BCUT2D eigenvalue weighted by molar-refractivity contribution is 6.31. The van der Waals surface area contributed by atoms with E-state index in [0.717, 1.165) is 43.6 Å². The Kier molecular flexibility index (Phi) is 21.0. The summed E-state index contributed by atoms with van der Waals surface area (Å²) in [7, 11) is 0. The minimum atomic E-state index is -1.10. The van der Waals surface area contributed by atoms with Crippen LogP contribution in [0.5, 0.6) is 0 Å². The van der Waals surface area contributed by atoms with Crippen molar-refractivity contribution < 1.29 is 29.5 Å². The van der Waals surface area contributed by atoms with E-state index in [-0.39, 0.29) is 40.2 Å². The Balaban J connectivity index is 0.000000199. The molecule has 3 atom stereocenters. The highest BCUT2D eigenvalue weighted by Crippen LogP contribution is 2.29. The first-order valence-electron chi connectivity index (χ1n) is 20.5. The molecule has 3 fully saturated rings. The van der Waals surface area contributed by atoms with Gasteiger partial charge in [0.1, 0.15) is 0 Å². The summed E-state index contributed by atoms with van der Waals surface area (Å²) in [6.07, 6.45) is 7.18. The second-order valence-corrected chi connectivity index (χ2v) is 14.8. The fourth-order valence-corrected chi connectivity index (χ4v) is 6.50. The van der Waals surface area contributed by atoms with E-state index in [0.29, 0.717) is 43.7 Å². The maximum Gasteiger partial charge on any atom is 0.382 e. The maximum atomic E-state index is 12.0. The monoisotopic (exact) mass is 934 g/mol. The molecule has 348 valence electrons. The number of nitro groups is 3. The van der Waals surface area contributed by atoms with Crippen LogP contribution in [0.1, 0.15) is 30.4 Å². The number of nitrogens with one attached hydrogen (secondary N) is 2. The summed E-state index contributed by atoms with van der Waals surface area (Å²) in [5.74, 6) is 9.20. The highest BCUT2D eigenvalue weighted by Gasteiger charge is 2.29. The fraction of sp³-hybridized carbons (Fsp3) is 0.267. The Bertz CT molecular complexity index is 2570. The van der Waals surface area contributed by atoms with Gasteiger partial charge in [0, 0.05) is 111 Å². The third kappa shape index (κ3) is 18.1. The minimum absolute atomic E-state index is 0.0293. The van der Waals surface area contributed by atoms with E-state index in [1.54, 1.807) is 24.4 Å². The number of anilines is 2. The number of hydrogen-bond donors (Lipinski definition) is 5. The van der Waals surface area contributed by atoms with Crippen molar-refractivity contribution in [3.63, 3.8) is 0 Å². The molecule has 0 radical (unpaired) electrons. The molecule has 6 heterocycles. The zero-order valence-electron chi connectivity index (χ0n) is 35.9. The highest BCUT2D eigenvalue weighted by atomic mass is 35.5. The van der Waals surface area contributed by atoms with Crippen molar-refractivity contribution in [1.29, 1.82) is 0 Å². The lowest BCUT2D eigenvalue weighted by atomic mass is 10.2. The number of amides is 1. The van der Waals surface area contributed by atoms with Crippen LogP contribution in [0.15, 0.2) is 116 Å². The molecule has 0 spiro atoms. The van der Waals surface area contributed by atoms with Gasteiger partial charge in [0.15, 0.2) is 0 Å². The van der Waals surface area contributed by atoms with Crippen molar-refractivity contribution in [2.75, 3.05) is 49.1 Å². The summed E-state index contributed by atoms with van der Waals surface area (Å²) in [4.78, 5) is 67.9. The van der Waals surface area contributed by atoms with Crippen molar-refractivity contribution in [1.82, 2.24) is 25.6 Å². The molecule has 67 heavy (non-hydrogen) atoms. The van der Waals surface area contributed by atoms with Crippen LogP contribution >= 0.6 is 11.6 Å². The number of benzene rings is 2. The first kappa shape index (κ1) is 51.6. The average molecular weight is 935 g/mol. The first-order chi connectivity index (χ1) is 32.2. The van der Waals surface area contributed by atoms with E-state index in [4.69, 9.17) is 28.2 Å².